The maximum atomic E-state index is 11.5. The Balaban J connectivity index is 2.38. The monoisotopic (exact) mass is 275 g/mol. The summed E-state index contributed by atoms with van der Waals surface area (Å²) in [6, 6.07) is 0.179. The smallest absolute Gasteiger partial charge is 0.234 e. The van der Waals surface area contributed by atoms with Gasteiger partial charge < -0.3 is 5.32 Å². The number of likely N-dealkylation sites (N-methyl/N-ethyl adjacent to an activating group) is 1. The molecule has 96 valence electrons. The van der Waals surface area contributed by atoms with E-state index in [-0.39, 0.29) is 11.9 Å². The molecular weight excluding hydrogens is 258 g/mol. The van der Waals surface area contributed by atoms with E-state index in [0.717, 1.165) is 10.7 Å². The van der Waals surface area contributed by atoms with Gasteiger partial charge in [0.05, 0.1) is 24.7 Å². The largest absolute Gasteiger partial charge is 0.353 e. The Labute approximate surface area is 111 Å². The van der Waals surface area contributed by atoms with Gasteiger partial charge in [-0.15, -0.1) is 22.9 Å². The zero-order valence-electron chi connectivity index (χ0n) is 10.4. The number of nitrogens with one attached hydrogen (secondary N) is 1. The summed E-state index contributed by atoms with van der Waals surface area (Å²) in [6.45, 7) is 4.96. The van der Waals surface area contributed by atoms with E-state index in [0.29, 0.717) is 19.0 Å². The third-order valence-electron chi connectivity index (χ3n) is 2.00. The van der Waals surface area contributed by atoms with Crippen LogP contribution in [0, 0.1) is 0 Å². The summed E-state index contributed by atoms with van der Waals surface area (Å²) in [5, 5.41) is 5.79. The van der Waals surface area contributed by atoms with Crippen molar-refractivity contribution in [1.29, 1.82) is 0 Å². The molecule has 1 N–H and O–H groups in total. The average Bonchev–Trinajstić information content (AvgIpc) is 2.63. The first-order chi connectivity index (χ1) is 8.01. The van der Waals surface area contributed by atoms with Gasteiger partial charge in [-0.25, -0.2) is 4.98 Å². The molecule has 1 aromatic rings. The first-order valence-electron chi connectivity index (χ1n) is 5.48. The van der Waals surface area contributed by atoms with Crippen molar-refractivity contribution in [2.45, 2.75) is 32.3 Å². The van der Waals surface area contributed by atoms with Crippen LogP contribution in [0.3, 0.4) is 0 Å². The molecule has 0 aromatic carbocycles. The Morgan fingerprint density at radius 3 is 2.88 bits per heavy atom. The molecular formula is C11H18ClN3OS. The number of hydrogen-bond acceptors (Lipinski definition) is 4. The van der Waals surface area contributed by atoms with Gasteiger partial charge in [0.1, 0.15) is 5.01 Å². The lowest BCUT2D eigenvalue weighted by atomic mass is 10.4. The van der Waals surface area contributed by atoms with Gasteiger partial charge in [0.15, 0.2) is 0 Å². The quantitative estimate of drug-likeness (QED) is 0.806. The van der Waals surface area contributed by atoms with Gasteiger partial charge in [-0.1, -0.05) is 0 Å². The lowest BCUT2D eigenvalue weighted by Gasteiger charge is -2.16. The molecule has 0 saturated heterocycles. The fourth-order valence-electron chi connectivity index (χ4n) is 1.38. The molecule has 4 nitrogen and oxygen atoms in total. The molecule has 0 atom stereocenters. The van der Waals surface area contributed by atoms with Gasteiger partial charge in [-0.2, -0.15) is 0 Å². The van der Waals surface area contributed by atoms with Crippen LogP contribution in [0.25, 0.3) is 0 Å². The molecule has 0 spiro atoms. The van der Waals surface area contributed by atoms with Crippen molar-refractivity contribution in [2.24, 2.45) is 0 Å². The van der Waals surface area contributed by atoms with E-state index in [9.17, 15) is 4.79 Å². The van der Waals surface area contributed by atoms with Crippen LogP contribution >= 0.6 is 22.9 Å². The van der Waals surface area contributed by atoms with Crippen LogP contribution in [0.4, 0.5) is 0 Å². The van der Waals surface area contributed by atoms with Crippen LogP contribution in [0.2, 0.25) is 0 Å². The molecule has 1 aromatic heterocycles. The first kappa shape index (κ1) is 14.4. The third kappa shape index (κ3) is 5.48. The summed E-state index contributed by atoms with van der Waals surface area (Å²) in [6.07, 6.45) is 0. The molecule has 1 heterocycles. The lowest BCUT2D eigenvalue weighted by Crippen LogP contribution is -2.38. The summed E-state index contributed by atoms with van der Waals surface area (Å²) in [4.78, 5) is 17.8. The molecule has 0 bridgehead atoms. The van der Waals surface area contributed by atoms with Crippen LogP contribution in [0.15, 0.2) is 5.38 Å². The van der Waals surface area contributed by atoms with E-state index >= 15 is 0 Å². The predicted octanol–water partition coefficient (Wildman–Crippen LogP) is 1.84. The topological polar surface area (TPSA) is 45.2 Å². The minimum absolute atomic E-state index is 0.0385. The van der Waals surface area contributed by atoms with Gasteiger partial charge in [0.25, 0.3) is 0 Å². The number of amides is 1. The lowest BCUT2D eigenvalue weighted by molar-refractivity contribution is -0.122. The van der Waals surface area contributed by atoms with Crippen LogP contribution in [-0.4, -0.2) is 35.4 Å². The Kier molecular flexibility index (Phi) is 5.88. The Morgan fingerprint density at radius 2 is 2.35 bits per heavy atom. The Hall–Kier alpha value is -0.650. The summed E-state index contributed by atoms with van der Waals surface area (Å²) in [5.74, 6) is 0.477. The molecule has 0 aliphatic heterocycles. The Bertz CT molecular complexity index is 367. The highest BCUT2D eigenvalue weighted by molar-refractivity contribution is 7.09. The molecule has 1 amide bonds. The number of rotatable bonds is 6. The van der Waals surface area contributed by atoms with E-state index in [1.807, 2.05) is 31.2 Å². The molecule has 0 unspecified atom stereocenters. The summed E-state index contributed by atoms with van der Waals surface area (Å²) >= 11 is 7.26. The molecule has 0 aliphatic carbocycles. The van der Waals surface area contributed by atoms with Crippen LogP contribution in [0.1, 0.15) is 24.5 Å². The number of carbonyl (C=O) groups excluding carboxylic acids is 1. The number of alkyl halides is 1. The predicted molar refractivity (Wildman–Crippen MR) is 71.3 cm³/mol. The highest BCUT2D eigenvalue weighted by Gasteiger charge is 2.10. The highest BCUT2D eigenvalue weighted by atomic mass is 35.5. The second-order valence-corrected chi connectivity index (χ2v) is 5.47. The second kappa shape index (κ2) is 6.93. The second-order valence-electron chi connectivity index (χ2n) is 4.26. The normalized spacial score (nSPS) is 11.2. The third-order valence-corrected chi connectivity index (χ3v) is 3.16. The SMILES string of the molecule is CC(C)NC(=O)CN(C)Cc1nc(CCl)cs1. The molecule has 0 saturated carbocycles. The van der Waals surface area contributed by atoms with Crippen LogP contribution < -0.4 is 5.32 Å². The van der Waals surface area contributed by atoms with Crippen LogP contribution in [0.5, 0.6) is 0 Å². The number of carbonyl (C=O) groups is 1. The molecule has 17 heavy (non-hydrogen) atoms. The molecule has 0 aliphatic rings. The summed E-state index contributed by atoms with van der Waals surface area (Å²) in [7, 11) is 1.90. The van der Waals surface area contributed by atoms with E-state index in [1.54, 1.807) is 11.3 Å². The number of hydrogen-bond donors (Lipinski definition) is 1. The molecule has 6 heteroatoms. The fraction of sp³-hybridized carbons (Fsp3) is 0.636. The number of aromatic nitrogens is 1. The van der Waals surface area contributed by atoms with Gasteiger partial charge in [0.2, 0.25) is 5.91 Å². The average molecular weight is 276 g/mol. The van der Waals surface area contributed by atoms with Gasteiger partial charge in [-0.3, -0.25) is 9.69 Å². The van der Waals surface area contributed by atoms with Crippen molar-refractivity contribution >= 4 is 28.8 Å². The van der Waals surface area contributed by atoms with E-state index in [2.05, 4.69) is 10.3 Å². The first-order valence-corrected chi connectivity index (χ1v) is 6.89. The Morgan fingerprint density at radius 1 is 1.65 bits per heavy atom. The standard InChI is InChI=1S/C11H18ClN3OS/c1-8(2)13-10(16)5-15(3)6-11-14-9(4-12)7-17-11/h7-8H,4-6H2,1-3H3,(H,13,16). The zero-order valence-corrected chi connectivity index (χ0v) is 11.9. The van der Waals surface area contributed by atoms with Crippen molar-refractivity contribution in [2.75, 3.05) is 13.6 Å². The van der Waals surface area contributed by atoms with Crippen molar-refractivity contribution < 1.29 is 4.79 Å². The maximum absolute atomic E-state index is 11.5. The molecule has 0 radical (unpaired) electrons. The zero-order chi connectivity index (χ0) is 12.8. The maximum Gasteiger partial charge on any atom is 0.234 e. The van der Waals surface area contributed by atoms with Crippen molar-refractivity contribution in [3.63, 3.8) is 0 Å². The molecule has 1 rings (SSSR count). The van der Waals surface area contributed by atoms with Crippen molar-refractivity contribution in [3.8, 4) is 0 Å². The highest BCUT2D eigenvalue weighted by Crippen LogP contribution is 2.13. The van der Waals surface area contributed by atoms with Crippen molar-refractivity contribution in [1.82, 2.24) is 15.2 Å². The van der Waals surface area contributed by atoms with Crippen molar-refractivity contribution in [3.05, 3.63) is 16.1 Å². The fourth-order valence-corrected chi connectivity index (χ4v) is 2.48. The van der Waals surface area contributed by atoms with E-state index < -0.39 is 0 Å². The number of nitrogens with zero attached hydrogens (tertiary/aromatic N) is 2. The summed E-state index contributed by atoms with van der Waals surface area (Å²) < 4.78 is 0. The minimum atomic E-state index is 0.0385. The van der Waals surface area contributed by atoms with Crippen LogP contribution in [-0.2, 0) is 17.2 Å². The van der Waals surface area contributed by atoms with E-state index in [4.69, 9.17) is 11.6 Å². The van der Waals surface area contributed by atoms with E-state index in [1.165, 1.54) is 0 Å². The number of thiazole rings is 1. The van der Waals surface area contributed by atoms with Gasteiger partial charge in [-0.05, 0) is 20.9 Å². The summed E-state index contributed by atoms with van der Waals surface area (Å²) in [5.41, 5.74) is 0.895. The van der Waals surface area contributed by atoms with Gasteiger partial charge in [0, 0.05) is 11.4 Å². The minimum Gasteiger partial charge on any atom is -0.353 e. The van der Waals surface area contributed by atoms with Gasteiger partial charge >= 0.3 is 0 Å². The number of halogens is 1. The molecule has 0 fully saturated rings.